The van der Waals surface area contributed by atoms with E-state index in [1.165, 1.54) is 0 Å². The van der Waals surface area contributed by atoms with Crippen LogP contribution in [0.25, 0.3) is 27.7 Å². The molecule has 2 heterocycles. The van der Waals surface area contributed by atoms with Gasteiger partial charge in [0.05, 0.1) is 18.3 Å². The number of pyridine rings is 2. The van der Waals surface area contributed by atoms with Gasteiger partial charge in [0.1, 0.15) is 18.1 Å². The third kappa shape index (κ3) is 3.89. The lowest BCUT2D eigenvalue weighted by Crippen LogP contribution is -2.06. The molecule has 0 aliphatic heterocycles. The fourth-order valence-corrected chi connectivity index (χ4v) is 3.23. The molecule has 5 nitrogen and oxygen atoms in total. The quantitative estimate of drug-likeness (QED) is 0.517. The molecule has 0 radical (unpaired) electrons. The Morgan fingerprint density at radius 1 is 0.966 bits per heavy atom. The van der Waals surface area contributed by atoms with E-state index >= 15 is 0 Å². The van der Waals surface area contributed by atoms with Crippen molar-refractivity contribution in [1.82, 2.24) is 9.97 Å². The monoisotopic (exact) mass is 383 g/mol. The summed E-state index contributed by atoms with van der Waals surface area (Å²) in [7, 11) is 1.66. The van der Waals surface area contributed by atoms with Gasteiger partial charge in [-0.15, -0.1) is 0 Å². The molecule has 0 unspecified atom stereocenters. The van der Waals surface area contributed by atoms with Crippen molar-refractivity contribution in [1.29, 1.82) is 0 Å². The van der Waals surface area contributed by atoms with E-state index in [-0.39, 0.29) is 6.61 Å². The van der Waals surface area contributed by atoms with Gasteiger partial charge in [-0.1, -0.05) is 18.7 Å². The van der Waals surface area contributed by atoms with Crippen molar-refractivity contribution in [3.05, 3.63) is 90.9 Å². The van der Waals surface area contributed by atoms with Crippen molar-refractivity contribution in [3.8, 4) is 22.6 Å². The number of ether oxygens (including phenoxy) is 2. The third-order valence-electron chi connectivity index (χ3n) is 4.69. The molecule has 0 fully saturated rings. The van der Waals surface area contributed by atoms with E-state index in [0.29, 0.717) is 5.70 Å². The van der Waals surface area contributed by atoms with Gasteiger partial charge in [-0.2, -0.15) is 0 Å². The third-order valence-corrected chi connectivity index (χ3v) is 4.69. The van der Waals surface area contributed by atoms with Crippen LogP contribution in [-0.2, 0) is 6.61 Å². The largest absolute Gasteiger partial charge is 0.497 e. The van der Waals surface area contributed by atoms with Gasteiger partial charge in [0.2, 0.25) is 0 Å². The van der Waals surface area contributed by atoms with Crippen LogP contribution in [0.15, 0.2) is 79.6 Å². The minimum absolute atomic E-state index is 0.276. The summed E-state index contributed by atoms with van der Waals surface area (Å²) in [5, 5.41) is 0.934. The average Bonchev–Trinajstić information content (AvgIpc) is 2.77. The molecule has 0 spiro atoms. The van der Waals surface area contributed by atoms with E-state index in [0.717, 1.165) is 44.8 Å². The highest BCUT2D eigenvalue weighted by Crippen LogP contribution is 2.33. The molecule has 29 heavy (non-hydrogen) atoms. The second kappa shape index (κ2) is 8.02. The molecule has 0 aliphatic carbocycles. The number of nitrogens with zero attached hydrogens (tertiary/aromatic N) is 2. The Kier molecular flexibility index (Phi) is 5.12. The van der Waals surface area contributed by atoms with Crippen LogP contribution in [0.4, 0.5) is 0 Å². The Bertz CT molecular complexity index is 1190. The number of fused-ring (bicyclic) bond motifs is 1. The standard InChI is InChI=1S/C24H21N3O2/c1-16(25)20-8-4-11-27-23(20)15-29-24-14-18(13-22-21(24)9-5-10-26-22)17-6-3-7-19(12-17)28-2/h3-14H,1,15,25H2,2H3. The van der Waals surface area contributed by atoms with Crippen molar-refractivity contribution in [3.63, 3.8) is 0 Å². The highest BCUT2D eigenvalue weighted by Gasteiger charge is 2.11. The van der Waals surface area contributed by atoms with Crippen LogP contribution in [0.1, 0.15) is 11.3 Å². The molecule has 2 N–H and O–H groups in total. The van der Waals surface area contributed by atoms with E-state index in [2.05, 4.69) is 16.5 Å². The molecule has 144 valence electrons. The SMILES string of the molecule is C=C(N)c1cccnc1COc1cc(-c2cccc(OC)c2)cc2ncccc12. The summed E-state index contributed by atoms with van der Waals surface area (Å²) in [6, 6.07) is 19.6. The van der Waals surface area contributed by atoms with Gasteiger partial charge in [0.25, 0.3) is 0 Å². The summed E-state index contributed by atoms with van der Waals surface area (Å²) < 4.78 is 11.5. The molecule has 0 aliphatic rings. The fraction of sp³-hybridized carbons (Fsp3) is 0.0833. The van der Waals surface area contributed by atoms with E-state index in [9.17, 15) is 0 Å². The Hall–Kier alpha value is -3.86. The minimum atomic E-state index is 0.276. The number of methoxy groups -OCH3 is 1. The van der Waals surface area contributed by atoms with Gasteiger partial charge in [0.15, 0.2) is 0 Å². The lowest BCUT2D eigenvalue weighted by Gasteiger charge is -2.14. The number of hydrogen-bond donors (Lipinski definition) is 1. The van der Waals surface area contributed by atoms with Gasteiger partial charge in [-0.25, -0.2) is 0 Å². The van der Waals surface area contributed by atoms with E-state index in [1.807, 2.05) is 60.7 Å². The first-order valence-corrected chi connectivity index (χ1v) is 9.20. The predicted molar refractivity (Wildman–Crippen MR) is 116 cm³/mol. The maximum atomic E-state index is 6.18. The Morgan fingerprint density at radius 3 is 2.62 bits per heavy atom. The zero-order valence-corrected chi connectivity index (χ0v) is 16.1. The maximum Gasteiger partial charge on any atom is 0.131 e. The highest BCUT2D eigenvalue weighted by molar-refractivity contribution is 5.90. The number of rotatable bonds is 6. The molecular formula is C24H21N3O2. The second-order valence-corrected chi connectivity index (χ2v) is 6.59. The van der Waals surface area contributed by atoms with Gasteiger partial charge in [-0.3, -0.25) is 9.97 Å². The van der Waals surface area contributed by atoms with E-state index < -0.39 is 0 Å². The average molecular weight is 383 g/mol. The molecule has 2 aromatic carbocycles. The summed E-state index contributed by atoms with van der Waals surface area (Å²) in [5.74, 6) is 1.53. The molecule has 0 saturated heterocycles. The Balaban J connectivity index is 1.74. The molecule has 4 aromatic rings. The first-order chi connectivity index (χ1) is 14.2. The van der Waals surface area contributed by atoms with Crippen LogP contribution in [0, 0.1) is 0 Å². The van der Waals surface area contributed by atoms with Gasteiger partial charge in [0, 0.05) is 29.0 Å². The van der Waals surface area contributed by atoms with Crippen molar-refractivity contribution >= 4 is 16.6 Å². The normalized spacial score (nSPS) is 10.7. The Labute approximate surface area is 169 Å². The summed E-state index contributed by atoms with van der Waals surface area (Å²) in [6.45, 7) is 4.10. The molecule has 5 heteroatoms. The van der Waals surface area contributed by atoms with Crippen molar-refractivity contribution in [2.75, 3.05) is 7.11 Å². The fourth-order valence-electron chi connectivity index (χ4n) is 3.23. The number of hydrogen-bond acceptors (Lipinski definition) is 5. The molecule has 0 bridgehead atoms. The zero-order chi connectivity index (χ0) is 20.2. The van der Waals surface area contributed by atoms with Crippen LogP contribution < -0.4 is 15.2 Å². The van der Waals surface area contributed by atoms with Crippen molar-refractivity contribution < 1.29 is 9.47 Å². The van der Waals surface area contributed by atoms with Crippen LogP contribution in [0.2, 0.25) is 0 Å². The van der Waals surface area contributed by atoms with Gasteiger partial charge >= 0.3 is 0 Å². The first-order valence-electron chi connectivity index (χ1n) is 9.20. The molecule has 2 aromatic heterocycles. The lowest BCUT2D eigenvalue weighted by molar-refractivity contribution is 0.305. The van der Waals surface area contributed by atoms with Crippen molar-refractivity contribution in [2.24, 2.45) is 5.73 Å². The summed E-state index contributed by atoms with van der Waals surface area (Å²) >= 11 is 0. The van der Waals surface area contributed by atoms with Crippen LogP contribution in [-0.4, -0.2) is 17.1 Å². The summed E-state index contributed by atoms with van der Waals surface area (Å²) in [5.41, 5.74) is 10.8. The van der Waals surface area contributed by atoms with Crippen LogP contribution in [0.5, 0.6) is 11.5 Å². The topological polar surface area (TPSA) is 70.3 Å². The Morgan fingerprint density at radius 2 is 1.79 bits per heavy atom. The highest BCUT2D eigenvalue weighted by atomic mass is 16.5. The zero-order valence-electron chi connectivity index (χ0n) is 16.1. The minimum Gasteiger partial charge on any atom is -0.497 e. The van der Waals surface area contributed by atoms with E-state index in [1.54, 1.807) is 19.5 Å². The number of nitrogens with two attached hydrogens (primary N) is 1. The van der Waals surface area contributed by atoms with Crippen molar-refractivity contribution in [2.45, 2.75) is 6.61 Å². The van der Waals surface area contributed by atoms with Gasteiger partial charge in [-0.05, 0) is 59.7 Å². The lowest BCUT2D eigenvalue weighted by atomic mass is 10.0. The number of aromatic nitrogens is 2. The molecule has 0 amide bonds. The summed E-state index contributed by atoms with van der Waals surface area (Å²) in [6.07, 6.45) is 3.49. The van der Waals surface area contributed by atoms with Crippen LogP contribution >= 0.6 is 0 Å². The first kappa shape index (κ1) is 18.5. The van der Waals surface area contributed by atoms with E-state index in [4.69, 9.17) is 15.2 Å². The number of benzene rings is 2. The maximum absolute atomic E-state index is 6.18. The smallest absolute Gasteiger partial charge is 0.131 e. The summed E-state index contributed by atoms with van der Waals surface area (Å²) in [4.78, 5) is 8.91. The second-order valence-electron chi connectivity index (χ2n) is 6.59. The van der Waals surface area contributed by atoms with Gasteiger partial charge < -0.3 is 15.2 Å². The molecule has 4 rings (SSSR count). The predicted octanol–water partition coefficient (Wildman–Crippen LogP) is 4.81. The molecule has 0 atom stereocenters. The molecular weight excluding hydrogens is 362 g/mol. The van der Waals surface area contributed by atoms with Crippen LogP contribution in [0.3, 0.4) is 0 Å². The molecule has 0 saturated carbocycles.